The Labute approximate surface area is 144 Å². The van der Waals surface area contributed by atoms with Gasteiger partial charge in [0, 0.05) is 16.9 Å². The van der Waals surface area contributed by atoms with Gasteiger partial charge < -0.3 is 4.74 Å². The zero-order valence-corrected chi connectivity index (χ0v) is 13.8. The third-order valence-corrected chi connectivity index (χ3v) is 4.67. The van der Waals surface area contributed by atoms with Gasteiger partial charge in [-0.3, -0.25) is 14.5 Å². The van der Waals surface area contributed by atoms with Gasteiger partial charge in [0.1, 0.15) is 0 Å². The molecule has 5 heteroatoms. The summed E-state index contributed by atoms with van der Waals surface area (Å²) in [6, 6.07) is 15.9. The second-order valence-corrected chi connectivity index (χ2v) is 6.10. The van der Waals surface area contributed by atoms with Crippen LogP contribution >= 0.6 is 0 Å². The molecule has 2 aromatic carbocycles. The van der Waals surface area contributed by atoms with Gasteiger partial charge in [-0.2, -0.15) is 0 Å². The topological polar surface area (TPSA) is 63.7 Å². The Hall–Kier alpha value is -3.21. The second kappa shape index (κ2) is 5.14. The highest BCUT2D eigenvalue weighted by molar-refractivity contribution is 6.28. The van der Waals surface area contributed by atoms with Crippen molar-refractivity contribution >= 4 is 23.2 Å². The summed E-state index contributed by atoms with van der Waals surface area (Å²) in [5, 5.41) is 0. The maximum Gasteiger partial charge on any atom is 0.341 e. The van der Waals surface area contributed by atoms with E-state index in [1.807, 2.05) is 30.3 Å². The van der Waals surface area contributed by atoms with Gasteiger partial charge in [-0.15, -0.1) is 0 Å². The summed E-state index contributed by atoms with van der Waals surface area (Å²) in [5.74, 6) is -1.41. The molecule has 1 atom stereocenters. The number of nitrogens with zero attached hydrogens (tertiary/aromatic N) is 1. The van der Waals surface area contributed by atoms with Crippen molar-refractivity contribution in [2.75, 3.05) is 4.90 Å². The Balaban J connectivity index is 2.04. The molecule has 0 aliphatic carbocycles. The molecule has 25 heavy (non-hydrogen) atoms. The van der Waals surface area contributed by atoms with Crippen molar-refractivity contribution in [3.8, 4) is 0 Å². The number of hydrogen-bond donors (Lipinski definition) is 0. The molecule has 2 aliphatic heterocycles. The van der Waals surface area contributed by atoms with Gasteiger partial charge in [0.25, 0.3) is 5.72 Å². The number of ether oxygens (including phenoxy) is 1. The molecule has 5 nitrogen and oxygen atoms in total. The fourth-order valence-electron chi connectivity index (χ4n) is 3.69. The third kappa shape index (κ3) is 1.86. The predicted octanol–water partition coefficient (Wildman–Crippen LogP) is 2.96. The molecule has 0 amide bonds. The van der Waals surface area contributed by atoms with Crippen LogP contribution in [0.5, 0.6) is 0 Å². The van der Waals surface area contributed by atoms with Gasteiger partial charge in [-0.1, -0.05) is 36.4 Å². The van der Waals surface area contributed by atoms with Crippen molar-refractivity contribution < 1.29 is 19.1 Å². The molecule has 124 valence electrons. The van der Waals surface area contributed by atoms with Crippen LogP contribution in [0.4, 0.5) is 5.69 Å². The normalized spacial score (nSPS) is 21.8. The minimum Gasteiger partial charge on any atom is -0.422 e. The average Bonchev–Trinajstić information content (AvgIpc) is 3.01. The number of fused-ring (bicyclic) bond motifs is 2. The van der Waals surface area contributed by atoms with Crippen LogP contribution in [0.2, 0.25) is 0 Å². The number of para-hydroxylation sites is 1. The average molecular weight is 333 g/mol. The number of ketones is 2. The van der Waals surface area contributed by atoms with E-state index in [-0.39, 0.29) is 11.4 Å². The van der Waals surface area contributed by atoms with Gasteiger partial charge in [0.15, 0.2) is 5.78 Å². The Morgan fingerprint density at radius 1 is 1.00 bits per heavy atom. The number of rotatable bonds is 2. The van der Waals surface area contributed by atoms with Crippen LogP contribution < -0.4 is 4.90 Å². The molecule has 1 unspecified atom stereocenters. The number of allylic oxidation sites excluding steroid dienone is 1. The van der Waals surface area contributed by atoms with E-state index in [1.54, 1.807) is 36.1 Å². The fraction of sp³-hybridized carbons (Fsp3) is 0.150. The predicted molar refractivity (Wildman–Crippen MR) is 90.8 cm³/mol. The van der Waals surface area contributed by atoms with Crippen molar-refractivity contribution in [1.29, 1.82) is 0 Å². The summed E-state index contributed by atoms with van der Waals surface area (Å²) in [5.41, 5.74) is 0.370. The molecule has 2 heterocycles. The highest BCUT2D eigenvalue weighted by Crippen LogP contribution is 2.50. The molecule has 2 aromatic rings. The van der Waals surface area contributed by atoms with Crippen LogP contribution in [0.25, 0.3) is 0 Å². The van der Waals surface area contributed by atoms with Gasteiger partial charge in [0.2, 0.25) is 5.78 Å². The van der Waals surface area contributed by atoms with Gasteiger partial charge in [-0.05, 0) is 32.0 Å². The molecule has 0 fully saturated rings. The summed E-state index contributed by atoms with van der Waals surface area (Å²) >= 11 is 0. The quantitative estimate of drug-likeness (QED) is 0.624. The molecule has 2 aliphatic rings. The van der Waals surface area contributed by atoms with Crippen molar-refractivity contribution in [1.82, 2.24) is 0 Å². The Kier molecular flexibility index (Phi) is 3.15. The van der Waals surface area contributed by atoms with E-state index >= 15 is 0 Å². The summed E-state index contributed by atoms with van der Waals surface area (Å²) in [7, 11) is 0. The molecule has 1 spiro atoms. The van der Waals surface area contributed by atoms with Gasteiger partial charge >= 0.3 is 5.97 Å². The van der Waals surface area contributed by atoms with Crippen molar-refractivity contribution in [3.05, 3.63) is 77.0 Å². The van der Waals surface area contributed by atoms with E-state index in [0.717, 1.165) is 0 Å². The summed E-state index contributed by atoms with van der Waals surface area (Å²) in [6.07, 6.45) is 0. The number of hydrogen-bond acceptors (Lipinski definition) is 5. The number of carbonyl (C=O) groups excluding carboxylic acids is 3. The summed E-state index contributed by atoms with van der Waals surface area (Å²) < 4.78 is 5.65. The van der Waals surface area contributed by atoms with Crippen LogP contribution in [0.15, 0.2) is 65.9 Å². The largest absolute Gasteiger partial charge is 0.422 e. The van der Waals surface area contributed by atoms with Gasteiger partial charge in [0.05, 0.1) is 11.1 Å². The van der Waals surface area contributed by atoms with Crippen LogP contribution in [-0.2, 0) is 20.1 Å². The number of Topliss-reactive ketones (excluding diaryl/α,β-unsaturated/α-hetero) is 2. The number of esters is 1. The zero-order chi connectivity index (χ0) is 17.8. The number of carbonyl (C=O) groups is 3. The maximum atomic E-state index is 13.3. The highest BCUT2D eigenvalue weighted by atomic mass is 16.6. The van der Waals surface area contributed by atoms with E-state index in [2.05, 4.69) is 0 Å². The number of anilines is 1. The molecular weight excluding hydrogens is 318 g/mol. The lowest BCUT2D eigenvalue weighted by Gasteiger charge is -2.35. The zero-order valence-electron chi connectivity index (χ0n) is 13.8. The first kappa shape index (κ1) is 15.3. The van der Waals surface area contributed by atoms with E-state index in [0.29, 0.717) is 22.5 Å². The highest BCUT2D eigenvalue weighted by Gasteiger charge is 2.62. The van der Waals surface area contributed by atoms with E-state index in [1.165, 1.54) is 6.92 Å². The molecular formula is C20H15NO4. The molecule has 0 aromatic heterocycles. The van der Waals surface area contributed by atoms with E-state index in [4.69, 9.17) is 4.74 Å². The molecule has 4 rings (SSSR count). The Morgan fingerprint density at radius 3 is 2.32 bits per heavy atom. The maximum absolute atomic E-state index is 13.3. The lowest BCUT2D eigenvalue weighted by atomic mass is 9.93. The molecule has 0 saturated carbocycles. The standard InChI is InChI=1S/C20H15NO4/c1-12-17(13(2)22)18(23)20(21(12)14-8-4-3-5-9-14)16-11-7-6-10-15(16)19(24)25-20/h3-11H,1-2H3. The fourth-order valence-corrected chi connectivity index (χ4v) is 3.69. The van der Waals surface area contributed by atoms with E-state index < -0.39 is 17.5 Å². The minimum atomic E-state index is -1.65. The van der Waals surface area contributed by atoms with Crippen molar-refractivity contribution in [2.24, 2.45) is 0 Å². The second-order valence-electron chi connectivity index (χ2n) is 6.10. The molecule has 0 saturated heterocycles. The van der Waals surface area contributed by atoms with E-state index in [9.17, 15) is 14.4 Å². The Morgan fingerprint density at radius 2 is 1.64 bits per heavy atom. The lowest BCUT2D eigenvalue weighted by Crippen LogP contribution is -2.47. The first-order valence-electron chi connectivity index (χ1n) is 7.93. The minimum absolute atomic E-state index is 0.0633. The van der Waals surface area contributed by atoms with Crippen LogP contribution in [0.3, 0.4) is 0 Å². The van der Waals surface area contributed by atoms with Crippen LogP contribution in [0.1, 0.15) is 29.8 Å². The number of benzene rings is 2. The van der Waals surface area contributed by atoms with Crippen LogP contribution in [-0.4, -0.2) is 17.5 Å². The van der Waals surface area contributed by atoms with Crippen LogP contribution in [0, 0.1) is 0 Å². The summed E-state index contributed by atoms with van der Waals surface area (Å²) in [6.45, 7) is 3.05. The third-order valence-electron chi connectivity index (χ3n) is 4.67. The smallest absolute Gasteiger partial charge is 0.341 e. The molecule has 0 radical (unpaired) electrons. The van der Waals surface area contributed by atoms with Crippen molar-refractivity contribution in [3.63, 3.8) is 0 Å². The monoisotopic (exact) mass is 333 g/mol. The first-order valence-corrected chi connectivity index (χ1v) is 7.93. The molecule has 0 bridgehead atoms. The molecule has 0 N–H and O–H groups in total. The lowest BCUT2D eigenvalue weighted by molar-refractivity contribution is -0.133. The SMILES string of the molecule is CC(=O)C1=C(C)N(c2ccccc2)C2(OC(=O)c3ccccc32)C1=O. The van der Waals surface area contributed by atoms with Gasteiger partial charge in [-0.25, -0.2) is 4.79 Å². The first-order chi connectivity index (χ1) is 12.0. The Bertz CT molecular complexity index is 961. The summed E-state index contributed by atoms with van der Waals surface area (Å²) in [4.78, 5) is 39.5. The van der Waals surface area contributed by atoms with Crippen molar-refractivity contribution in [2.45, 2.75) is 19.6 Å².